The topological polar surface area (TPSA) is 53.1 Å². The van der Waals surface area contributed by atoms with Gasteiger partial charge in [-0.3, -0.25) is 0 Å². The van der Waals surface area contributed by atoms with Crippen molar-refractivity contribution in [1.29, 1.82) is 0 Å². The zero-order valence-electron chi connectivity index (χ0n) is 10.8. The molecule has 0 spiro atoms. The molecule has 0 unspecified atom stereocenters. The average Bonchev–Trinajstić information content (AvgIpc) is 2.98. The van der Waals surface area contributed by atoms with E-state index in [1.165, 1.54) is 29.3 Å². The van der Waals surface area contributed by atoms with Crippen LogP contribution in [0.5, 0.6) is 0 Å². The maximum atomic E-state index is 5.99. The van der Waals surface area contributed by atoms with E-state index < -0.39 is 0 Å². The first-order valence-electron chi connectivity index (χ1n) is 6.77. The highest BCUT2D eigenvalue weighted by Gasteiger charge is 2.15. The first-order valence-corrected chi connectivity index (χ1v) is 7.85. The van der Waals surface area contributed by atoms with Crippen LogP contribution in [-0.4, -0.2) is 22.3 Å². The summed E-state index contributed by atoms with van der Waals surface area (Å²) in [5, 5.41) is 0. The molecule has 0 bridgehead atoms. The van der Waals surface area contributed by atoms with E-state index in [1.807, 2.05) is 4.57 Å². The van der Waals surface area contributed by atoms with Gasteiger partial charge < -0.3 is 15.0 Å². The van der Waals surface area contributed by atoms with Crippen LogP contribution in [0.3, 0.4) is 0 Å². The molecule has 0 amide bonds. The lowest BCUT2D eigenvalue weighted by atomic mass is 10.3. The molecule has 0 radical (unpaired) electrons. The molecule has 3 rings (SSSR count). The monoisotopic (exact) mass is 371 g/mol. The summed E-state index contributed by atoms with van der Waals surface area (Å²) < 4.78 is 9.12. The Bertz CT molecular complexity index is 575. The van der Waals surface area contributed by atoms with Crippen molar-refractivity contribution in [3.05, 3.63) is 21.8 Å². The molecule has 102 valence electrons. The lowest BCUT2D eigenvalue weighted by Crippen LogP contribution is -2.14. The molecule has 5 heteroatoms. The van der Waals surface area contributed by atoms with Gasteiger partial charge in [-0.2, -0.15) is 0 Å². The van der Waals surface area contributed by atoms with Crippen molar-refractivity contribution in [2.75, 3.05) is 12.3 Å². The Kier molecular flexibility index (Phi) is 3.93. The number of rotatable bonds is 4. The summed E-state index contributed by atoms with van der Waals surface area (Å²) in [6.07, 6.45) is 5.48. The van der Waals surface area contributed by atoms with E-state index in [4.69, 9.17) is 10.5 Å². The van der Waals surface area contributed by atoms with Gasteiger partial charge in [-0.15, -0.1) is 0 Å². The molecule has 0 saturated heterocycles. The molecule has 1 aliphatic rings. The van der Waals surface area contributed by atoms with E-state index in [1.54, 1.807) is 0 Å². The van der Waals surface area contributed by atoms with Crippen molar-refractivity contribution in [3.63, 3.8) is 0 Å². The van der Waals surface area contributed by atoms with Crippen LogP contribution < -0.4 is 5.73 Å². The summed E-state index contributed by atoms with van der Waals surface area (Å²) >= 11 is 2.29. The van der Waals surface area contributed by atoms with E-state index in [2.05, 4.69) is 45.8 Å². The summed E-state index contributed by atoms with van der Waals surface area (Å²) in [4.78, 5) is 4.40. The second-order valence-corrected chi connectivity index (χ2v) is 6.28. The van der Waals surface area contributed by atoms with Crippen molar-refractivity contribution in [2.45, 2.75) is 38.3 Å². The van der Waals surface area contributed by atoms with E-state index in [9.17, 15) is 0 Å². The SMILES string of the molecule is Nc1nc2cc(I)ccc2n1CCOC1CCCC1. The maximum Gasteiger partial charge on any atom is 0.201 e. The van der Waals surface area contributed by atoms with Crippen LogP contribution in [0.1, 0.15) is 25.7 Å². The molecule has 0 atom stereocenters. The number of nitrogens with zero attached hydrogens (tertiary/aromatic N) is 2. The summed E-state index contributed by atoms with van der Waals surface area (Å²) in [5.41, 5.74) is 8.05. The molecular formula is C14H18IN3O. The summed E-state index contributed by atoms with van der Waals surface area (Å²) in [7, 11) is 0. The predicted octanol–water partition coefficient (Wildman–Crippen LogP) is 3.18. The highest BCUT2D eigenvalue weighted by molar-refractivity contribution is 14.1. The largest absolute Gasteiger partial charge is 0.376 e. The van der Waals surface area contributed by atoms with Crippen LogP contribution >= 0.6 is 22.6 Å². The molecule has 0 aliphatic heterocycles. The maximum absolute atomic E-state index is 5.99. The molecule has 1 heterocycles. The first-order chi connectivity index (χ1) is 9.24. The fourth-order valence-electron chi connectivity index (χ4n) is 2.72. The molecule has 2 aromatic rings. The minimum atomic E-state index is 0.456. The Morgan fingerprint density at radius 2 is 2.16 bits per heavy atom. The number of halogens is 1. The summed E-state index contributed by atoms with van der Waals surface area (Å²) in [6, 6.07) is 6.22. The van der Waals surface area contributed by atoms with Crippen molar-refractivity contribution in [1.82, 2.24) is 9.55 Å². The number of aromatic nitrogens is 2. The molecule has 1 aromatic carbocycles. The summed E-state index contributed by atoms with van der Waals surface area (Å²) in [6.45, 7) is 1.49. The molecule has 1 aliphatic carbocycles. The van der Waals surface area contributed by atoms with Crippen molar-refractivity contribution in [3.8, 4) is 0 Å². The van der Waals surface area contributed by atoms with E-state index >= 15 is 0 Å². The van der Waals surface area contributed by atoms with Gasteiger partial charge in [0.1, 0.15) is 0 Å². The fraction of sp³-hybridized carbons (Fsp3) is 0.500. The highest BCUT2D eigenvalue weighted by atomic mass is 127. The molecule has 19 heavy (non-hydrogen) atoms. The Balaban J connectivity index is 1.71. The van der Waals surface area contributed by atoms with Crippen LogP contribution in [0.25, 0.3) is 11.0 Å². The number of nitrogens with two attached hydrogens (primary N) is 1. The molecule has 4 nitrogen and oxygen atoms in total. The van der Waals surface area contributed by atoms with Crippen molar-refractivity contribution >= 4 is 39.6 Å². The Hall–Kier alpha value is -0.820. The van der Waals surface area contributed by atoms with Crippen LogP contribution in [0.2, 0.25) is 0 Å². The molecule has 1 fully saturated rings. The number of nitrogen functional groups attached to an aromatic ring is 1. The average molecular weight is 371 g/mol. The third kappa shape index (κ3) is 2.86. The highest BCUT2D eigenvalue weighted by Crippen LogP contribution is 2.22. The minimum absolute atomic E-state index is 0.456. The van der Waals surface area contributed by atoms with E-state index in [0.717, 1.165) is 17.6 Å². The smallest absolute Gasteiger partial charge is 0.201 e. The third-order valence-corrected chi connectivity index (χ3v) is 4.38. The number of anilines is 1. The zero-order chi connectivity index (χ0) is 13.2. The second kappa shape index (κ2) is 5.66. The van der Waals surface area contributed by atoms with Gasteiger partial charge >= 0.3 is 0 Å². The predicted molar refractivity (Wildman–Crippen MR) is 85.1 cm³/mol. The zero-order valence-corrected chi connectivity index (χ0v) is 13.0. The lowest BCUT2D eigenvalue weighted by Gasteiger charge is -2.12. The van der Waals surface area contributed by atoms with Gasteiger partial charge in [0, 0.05) is 10.1 Å². The molecule has 2 N–H and O–H groups in total. The van der Waals surface area contributed by atoms with Gasteiger partial charge in [-0.25, -0.2) is 4.98 Å². The molecule has 1 saturated carbocycles. The Morgan fingerprint density at radius 3 is 2.95 bits per heavy atom. The number of benzene rings is 1. The Labute approximate surface area is 126 Å². The van der Waals surface area contributed by atoms with Crippen molar-refractivity contribution < 1.29 is 4.74 Å². The van der Waals surface area contributed by atoms with Gasteiger partial charge in [0.25, 0.3) is 0 Å². The second-order valence-electron chi connectivity index (χ2n) is 5.03. The van der Waals surface area contributed by atoms with Gasteiger partial charge in [-0.05, 0) is 53.6 Å². The first kappa shape index (κ1) is 13.2. The van der Waals surface area contributed by atoms with Gasteiger partial charge in [0.05, 0.1) is 23.7 Å². The summed E-state index contributed by atoms with van der Waals surface area (Å²) in [5.74, 6) is 0.576. The van der Waals surface area contributed by atoms with Crippen LogP contribution in [0.15, 0.2) is 18.2 Å². The van der Waals surface area contributed by atoms with E-state index in [-0.39, 0.29) is 0 Å². The van der Waals surface area contributed by atoms with Crippen molar-refractivity contribution in [2.24, 2.45) is 0 Å². The number of fused-ring (bicyclic) bond motifs is 1. The van der Waals surface area contributed by atoms with Gasteiger partial charge in [-0.1, -0.05) is 12.8 Å². The number of imidazole rings is 1. The quantitative estimate of drug-likeness (QED) is 0.840. The number of ether oxygens (including phenoxy) is 1. The lowest BCUT2D eigenvalue weighted by molar-refractivity contribution is 0.0537. The third-order valence-electron chi connectivity index (χ3n) is 3.71. The van der Waals surface area contributed by atoms with E-state index in [0.29, 0.717) is 18.7 Å². The standard InChI is InChI=1S/C14H18IN3O/c15-10-5-6-13-12(9-10)17-14(16)18(13)7-8-19-11-3-1-2-4-11/h5-6,9,11H,1-4,7-8H2,(H2,16,17). The van der Waals surface area contributed by atoms with Crippen LogP contribution in [-0.2, 0) is 11.3 Å². The Morgan fingerprint density at radius 1 is 1.37 bits per heavy atom. The normalized spacial score (nSPS) is 16.5. The van der Waals surface area contributed by atoms with Crippen LogP contribution in [0, 0.1) is 3.57 Å². The van der Waals surface area contributed by atoms with Gasteiger partial charge in [0.15, 0.2) is 0 Å². The molecule has 1 aromatic heterocycles. The molecular weight excluding hydrogens is 353 g/mol. The minimum Gasteiger partial charge on any atom is -0.376 e. The number of hydrogen-bond acceptors (Lipinski definition) is 3. The number of hydrogen-bond donors (Lipinski definition) is 1. The van der Waals surface area contributed by atoms with Crippen LogP contribution in [0.4, 0.5) is 5.95 Å². The van der Waals surface area contributed by atoms with Gasteiger partial charge in [0.2, 0.25) is 5.95 Å². The fourth-order valence-corrected chi connectivity index (χ4v) is 3.20.